The Balaban J connectivity index is 1.63. The molecule has 3 nitrogen and oxygen atoms in total. The number of rotatable bonds is 1. The van der Waals surface area contributed by atoms with Crippen LogP contribution in [0.4, 0.5) is 0 Å². The van der Waals surface area contributed by atoms with Gasteiger partial charge < -0.3 is 4.57 Å². The molecule has 0 unspecified atom stereocenters. The van der Waals surface area contributed by atoms with Crippen molar-refractivity contribution in [1.82, 2.24) is 14.0 Å². The summed E-state index contributed by atoms with van der Waals surface area (Å²) in [6.07, 6.45) is 0. The Morgan fingerprint density at radius 1 is 0.621 bits per heavy atom. The van der Waals surface area contributed by atoms with E-state index >= 15 is 0 Å². The van der Waals surface area contributed by atoms with E-state index < -0.39 is 0 Å². The first-order valence-electron chi connectivity index (χ1n) is 9.67. The zero-order valence-electron chi connectivity index (χ0n) is 15.4. The van der Waals surface area contributed by atoms with Crippen LogP contribution in [0.1, 0.15) is 0 Å². The normalized spacial score (nSPS) is 12.1. The number of para-hydroxylation sites is 4. The van der Waals surface area contributed by atoms with Crippen LogP contribution in [0.5, 0.6) is 0 Å². The van der Waals surface area contributed by atoms with Crippen molar-refractivity contribution in [1.29, 1.82) is 0 Å². The largest absolute Gasteiger partial charge is 0.309 e. The molecule has 29 heavy (non-hydrogen) atoms. The molecule has 0 aliphatic rings. The molecule has 7 aromatic rings. The van der Waals surface area contributed by atoms with E-state index in [1.807, 2.05) is 6.07 Å². The van der Waals surface area contributed by atoms with Gasteiger partial charge in [0.1, 0.15) is 0 Å². The van der Waals surface area contributed by atoms with E-state index in [0.29, 0.717) is 0 Å². The van der Waals surface area contributed by atoms with E-state index in [4.69, 9.17) is 4.98 Å². The van der Waals surface area contributed by atoms with Gasteiger partial charge in [-0.2, -0.15) is 0 Å². The number of hydrogen-bond acceptors (Lipinski definition) is 2. The highest BCUT2D eigenvalue weighted by molar-refractivity contribution is 7.23. The van der Waals surface area contributed by atoms with Crippen molar-refractivity contribution in [3.8, 4) is 5.69 Å². The first-order valence-corrected chi connectivity index (χ1v) is 10.5. The van der Waals surface area contributed by atoms with E-state index in [-0.39, 0.29) is 0 Å². The van der Waals surface area contributed by atoms with E-state index in [1.54, 1.807) is 11.3 Å². The van der Waals surface area contributed by atoms with Gasteiger partial charge in [-0.25, -0.2) is 4.98 Å². The highest BCUT2D eigenvalue weighted by atomic mass is 32.1. The minimum atomic E-state index is 1.04. The standard InChI is InChI=1S/C25H15N3S/c1-4-10-20-17(7-1)18-8-2-5-11-21(18)27(20)16-13-14-24-23(15-16)28-22-12-6-3-9-19(22)26-25(28)29-24/h1-15H. The fraction of sp³-hybridized carbons (Fsp3) is 0. The quantitative estimate of drug-likeness (QED) is 0.303. The number of aromatic nitrogens is 3. The molecule has 136 valence electrons. The second-order valence-electron chi connectivity index (χ2n) is 7.34. The number of fused-ring (bicyclic) bond motifs is 8. The van der Waals surface area contributed by atoms with Crippen molar-refractivity contribution in [3.05, 3.63) is 91.0 Å². The molecule has 0 aliphatic heterocycles. The van der Waals surface area contributed by atoms with E-state index in [9.17, 15) is 0 Å². The monoisotopic (exact) mass is 389 g/mol. The smallest absolute Gasteiger partial charge is 0.195 e. The van der Waals surface area contributed by atoms with Gasteiger partial charge in [0.2, 0.25) is 0 Å². The van der Waals surface area contributed by atoms with Gasteiger partial charge in [-0.3, -0.25) is 4.40 Å². The Labute approximate surface area is 170 Å². The first-order chi connectivity index (χ1) is 14.4. The van der Waals surface area contributed by atoms with Crippen LogP contribution in [0, 0.1) is 0 Å². The zero-order valence-corrected chi connectivity index (χ0v) is 16.2. The maximum absolute atomic E-state index is 4.82. The molecule has 0 fully saturated rings. The summed E-state index contributed by atoms with van der Waals surface area (Å²) in [5.74, 6) is 0. The van der Waals surface area contributed by atoms with Crippen molar-refractivity contribution >= 4 is 59.4 Å². The lowest BCUT2D eigenvalue weighted by molar-refractivity contribution is 1.18. The summed E-state index contributed by atoms with van der Waals surface area (Å²) in [7, 11) is 0. The topological polar surface area (TPSA) is 22.2 Å². The van der Waals surface area contributed by atoms with Crippen LogP contribution in [0.15, 0.2) is 91.0 Å². The lowest BCUT2D eigenvalue weighted by atomic mass is 10.2. The Morgan fingerprint density at radius 2 is 1.28 bits per heavy atom. The third-order valence-corrected chi connectivity index (χ3v) is 6.77. The molecule has 3 heterocycles. The summed E-state index contributed by atoms with van der Waals surface area (Å²) in [4.78, 5) is 5.86. The number of benzene rings is 4. The minimum Gasteiger partial charge on any atom is -0.309 e. The van der Waals surface area contributed by atoms with Gasteiger partial charge in [0.05, 0.1) is 32.3 Å². The van der Waals surface area contributed by atoms with Crippen LogP contribution in [0.25, 0.3) is 53.7 Å². The number of nitrogens with zero attached hydrogens (tertiary/aromatic N) is 3. The molecule has 7 rings (SSSR count). The molecule has 0 N–H and O–H groups in total. The van der Waals surface area contributed by atoms with Crippen LogP contribution < -0.4 is 0 Å². The molecular formula is C25H15N3S. The van der Waals surface area contributed by atoms with Crippen LogP contribution in [0.3, 0.4) is 0 Å². The molecule has 4 aromatic carbocycles. The maximum Gasteiger partial charge on any atom is 0.195 e. The predicted octanol–water partition coefficient (Wildman–Crippen LogP) is 6.80. The van der Waals surface area contributed by atoms with Crippen LogP contribution in [0.2, 0.25) is 0 Å². The fourth-order valence-corrected chi connectivity index (χ4v) is 5.53. The number of imidazole rings is 1. The van der Waals surface area contributed by atoms with Gasteiger partial charge in [-0.05, 0) is 42.5 Å². The Morgan fingerprint density at radius 3 is 2.03 bits per heavy atom. The summed E-state index contributed by atoms with van der Waals surface area (Å²) in [6.45, 7) is 0. The summed E-state index contributed by atoms with van der Waals surface area (Å²) in [5.41, 5.74) is 7.05. The zero-order chi connectivity index (χ0) is 18.9. The van der Waals surface area contributed by atoms with Crippen molar-refractivity contribution < 1.29 is 0 Å². The van der Waals surface area contributed by atoms with E-state index in [2.05, 4.69) is 93.9 Å². The lowest BCUT2D eigenvalue weighted by Gasteiger charge is -2.08. The molecule has 0 radical (unpaired) electrons. The Kier molecular flexibility index (Phi) is 2.88. The average molecular weight is 389 g/mol. The third kappa shape index (κ3) is 1.99. The van der Waals surface area contributed by atoms with Crippen molar-refractivity contribution in [3.63, 3.8) is 0 Å². The highest BCUT2D eigenvalue weighted by Gasteiger charge is 2.15. The minimum absolute atomic E-state index is 1.04. The molecule has 0 bridgehead atoms. The molecule has 0 atom stereocenters. The van der Waals surface area contributed by atoms with E-state index in [0.717, 1.165) is 16.0 Å². The second-order valence-corrected chi connectivity index (χ2v) is 8.35. The van der Waals surface area contributed by atoms with Gasteiger partial charge in [-0.1, -0.05) is 59.9 Å². The highest BCUT2D eigenvalue weighted by Crippen LogP contribution is 2.35. The van der Waals surface area contributed by atoms with Gasteiger partial charge >= 0.3 is 0 Å². The Bertz CT molecular complexity index is 1660. The van der Waals surface area contributed by atoms with Crippen molar-refractivity contribution in [2.45, 2.75) is 0 Å². The molecule has 0 saturated carbocycles. The van der Waals surface area contributed by atoms with Gasteiger partial charge in [0.15, 0.2) is 4.96 Å². The summed E-state index contributed by atoms with van der Waals surface area (Å²) in [5, 5.41) is 2.57. The molecule has 4 heteroatoms. The SMILES string of the molecule is c1ccc2c(c1)nc1sc3ccc(-n4c5ccccc5c5ccccc54)cc3n12. The molecule has 0 spiro atoms. The van der Waals surface area contributed by atoms with Crippen molar-refractivity contribution in [2.75, 3.05) is 0 Å². The third-order valence-electron chi connectivity index (χ3n) is 5.75. The fourth-order valence-electron chi connectivity index (χ4n) is 4.51. The molecule has 3 aromatic heterocycles. The number of hydrogen-bond donors (Lipinski definition) is 0. The van der Waals surface area contributed by atoms with Gasteiger partial charge in [0, 0.05) is 16.5 Å². The second kappa shape index (κ2) is 5.46. The predicted molar refractivity (Wildman–Crippen MR) is 122 cm³/mol. The summed E-state index contributed by atoms with van der Waals surface area (Å²) >= 11 is 1.74. The molecule has 0 amide bonds. The van der Waals surface area contributed by atoms with Crippen LogP contribution >= 0.6 is 11.3 Å². The number of thiazole rings is 1. The average Bonchev–Trinajstić information content (AvgIpc) is 3.41. The van der Waals surface area contributed by atoms with E-state index in [1.165, 1.54) is 37.7 Å². The van der Waals surface area contributed by atoms with Gasteiger partial charge in [-0.15, -0.1) is 0 Å². The maximum atomic E-state index is 4.82. The molecule has 0 saturated heterocycles. The Hall–Kier alpha value is -3.63. The van der Waals surface area contributed by atoms with Crippen LogP contribution in [-0.2, 0) is 0 Å². The molecule has 0 aliphatic carbocycles. The van der Waals surface area contributed by atoms with Crippen LogP contribution in [-0.4, -0.2) is 14.0 Å². The van der Waals surface area contributed by atoms with Crippen molar-refractivity contribution in [2.24, 2.45) is 0 Å². The summed E-state index contributed by atoms with van der Waals surface area (Å²) in [6, 6.07) is 32.4. The van der Waals surface area contributed by atoms with Gasteiger partial charge in [0.25, 0.3) is 0 Å². The lowest BCUT2D eigenvalue weighted by Crippen LogP contribution is -1.94. The summed E-state index contributed by atoms with van der Waals surface area (Å²) < 4.78 is 5.90. The first kappa shape index (κ1) is 15.3. The molecular weight excluding hydrogens is 374 g/mol.